The maximum Gasteiger partial charge on any atom is 0.133 e. The van der Waals surface area contributed by atoms with E-state index in [2.05, 4.69) is 44.5 Å². The Bertz CT molecular complexity index is 597. The van der Waals surface area contributed by atoms with Gasteiger partial charge >= 0.3 is 0 Å². The molecule has 1 aliphatic rings. The number of halogens is 1. The summed E-state index contributed by atoms with van der Waals surface area (Å²) in [5.41, 5.74) is 8.38. The zero-order valence-electron chi connectivity index (χ0n) is 14.8. The van der Waals surface area contributed by atoms with Gasteiger partial charge in [-0.25, -0.2) is 4.39 Å². The maximum absolute atomic E-state index is 14.3. The molecule has 2 nitrogen and oxygen atoms in total. The van der Waals surface area contributed by atoms with Gasteiger partial charge in [0, 0.05) is 24.4 Å². The van der Waals surface area contributed by atoms with Crippen LogP contribution in [0.4, 0.5) is 4.39 Å². The lowest BCUT2D eigenvalue weighted by Crippen LogP contribution is -2.31. The summed E-state index contributed by atoms with van der Waals surface area (Å²) in [6.07, 6.45) is 6.49. The highest BCUT2D eigenvalue weighted by Gasteiger charge is 2.27. The molecule has 0 bridgehead atoms. The minimum Gasteiger partial charge on any atom is -0.399 e. The lowest BCUT2D eigenvalue weighted by Gasteiger charge is -2.34. The van der Waals surface area contributed by atoms with Crippen LogP contribution in [0.25, 0.3) is 5.70 Å². The molecule has 2 atom stereocenters. The van der Waals surface area contributed by atoms with E-state index in [-0.39, 0.29) is 11.2 Å². The van der Waals surface area contributed by atoms with E-state index in [4.69, 9.17) is 5.73 Å². The number of nitrogens with zero attached hydrogens (tertiary/aromatic N) is 1. The third kappa shape index (κ3) is 4.44. The van der Waals surface area contributed by atoms with Gasteiger partial charge < -0.3 is 10.6 Å². The molecule has 0 saturated carbocycles. The quantitative estimate of drug-likeness (QED) is 0.849. The second-order valence-corrected chi connectivity index (χ2v) is 7.56. The van der Waals surface area contributed by atoms with Gasteiger partial charge in [0.25, 0.3) is 0 Å². The van der Waals surface area contributed by atoms with Crippen LogP contribution >= 0.6 is 0 Å². The monoisotopic (exact) mass is 316 g/mol. The minimum atomic E-state index is -0.265. The van der Waals surface area contributed by atoms with Crippen molar-refractivity contribution in [3.05, 3.63) is 53.4 Å². The van der Waals surface area contributed by atoms with E-state index in [9.17, 15) is 4.39 Å². The molecule has 23 heavy (non-hydrogen) atoms. The van der Waals surface area contributed by atoms with E-state index in [1.54, 1.807) is 6.07 Å². The van der Waals surface area contributed by atoms with Gasteiger partial charge in [-0.3, -0.25) is 0 Å². The molecule has 126 valence electrons. The molecule has 1 aliphatic heterocycles. The summed E-state index contributed by atoms with van der Waals surface area (Å²) < 4.78 is 14.3. The lowest BCUT2D eigenvalue weighted by molar-refractivity contribution is 0.234. The Morgan fingerprint density at radius 3 is 2.78 bits per heavy atom. The molecule has 0 fully saturated rings. The Hall–Kier alpha value is -1.61. The Morgan fingerprint density at radius 2 is 2.17 bits per heavy atom. The van der Waals surface area contributed by atoms with Gasteiger partial charge in [0.1, 0.15) is 5.82 Å². The number of allylic oxidation sites excluding steroid dienone is 1. The summed E-state index contributed by atoms with van der Waals surface area (Å²) in [6.45, 7) is 12.2. The molecule has 0 spiro atoms. The standard InChI is InChI=1S/C20H29FN2/c1-14-11-20(4,7-6-8-23(5)13-14)12-17-9-15(2)19(16(3)22)18(21)10-17/h6-7,9-10,14H,3,8,11-13,22H2,1-2,4-5H3/b7-6-. The smallest absolute Gasteiger partial charge is 0.133 e. The average molecular weight is 316 g/mol. The fourth-order valence-electron chi connectivity index (χ4n) is 3.97. The third-order valence-corrected chi connectivity index (χ3v) is 4.65. The van der Waals surface area contributed by atoms with Crippen LogP contribution in [0.2, 0.25) is 0 Å². The van der Waals surface area contributed by atoms with E-state index in [0.29, 0.717) is 17.2 Å². The summed E-state index contributed by atoms with van der Waals surface area (Å²) >= 11 is 0. The largest absolute Gasteiger partial charge is 0.399 e. The molecule has 2 unspecified atom stereocenters. The van der Waals surface area contributed by atoms with Crippen molar-refractivity contribution in [1.29, 1.82) is 0 Å². The van der Waals surface area contributed by atoms with Gasteiger partial charge in [0.05, 0.1) is 0 Å². The maximum atomic E-state index is 14.3. The van der Waals surface area contributed by atoms with Crippen molar-refractivity contribution >= 4 is 5.70 Å². The minimum absolute atomic E-state index is 0.0563. The normalized spacial score (nSPS) is 27.3. The first-order valence-corrected chi connectivity index (χ1v) is 8.30. The van der Waals surface area contributed by atoms with Crippen molar-refractivity contribution in [2.24, 2.45) is 17.1 Å². The average Bonchev–Trinajstić information content (AvgIpc) is 2.34. The van der Waals surface area contributed by atoms with Crippen LogP contribution in [-0.4, -0.2) is 25.0 Å². The van der Waals surface area contributed by atoms with Gasteiger partial charge in [0.2, 0.25) is 0 Å². The van der Waals surface area contributed by atoms with Crippen molar-refractivity contribution in [3.8, 4) is 0 Å². The Morgan fingerprint density at radius 1 is 1.48 bits per heavy atom. The van der Waals surface area contributed by atoms with Crippen molar-refractivity contribution in [1.82, 2.24) is 4.90 Å². The second kappa shape index (κ2) is 6.88. The van der Waals surface area contributed by atoms with Gasteiger partial charge in [0.15, 0.2) is 0 Å². The van der Waals surface area contributed by atoms with Crippen LogP contribution < -0.4 is 5.73 Å². The number of nitrogens with two attached hydrogens (primary N) is 1. The molecule has 2 N–H and O–H groups in total. The fraction of sp³-hybridized carbons (Fsp3) is 0.500. The molecule has 3 heteroatoms. The van der Waals surface area contributed by atoms with Gasteiger partial charge in [-0.15, -0.1) is 0 Å². The van der Waals surface area contributed by atoms with Crippen LogP contribution in [0.5, 0.6) is 0 Å². The first-order valence-electron chi connectivity index (χ1n) is 8.30. The highest BCUT2D eigenvalue weighted by Crippen LogP contribution is 2.34. The van der Waals surface area contributed by atoms with Crippen molar-refractivity contribution in [3.63, 3.8) is 0 Å². The molecule has 1 aromatic rings. The van der Waals surface area contributed by atoms with Crippen molar-refractivity contribution in [2.75, 3.05) is 20.1 Å². The number of likely N-dealkylation sites (N-methyl/N-ethyl adjacent to an activating group) is 1. The number of hydrogen-bond acceptors (Lipinski definition) is 2. The molecule has 2 rings (SSSR count). The van der Waals surface area contributed by atoms with Crippen LogP contribution in [0.1, 0.15) is 37.0 Å². The highest BCUT2D eigenvalue weighted by molar-refractivity contribution is 5.64. The number of aryl methyl sites for hydroxylation is 1. The molecular weight excluding hydrogens is 287 g/mol. The summed E-state index contributed by atoms with van der Waals surface area (Å²) in [5.74, 6) is 0.350. The molecule has 0 saturated heterocycles. The summed E-state index contributed by atoms with van der Waals surface area (Å²) in [5, 5.41) is 0. The topological polar surface area (TPSA) is 29.3 Å². The first kappa shape index (κ1) is 17.7. The van der Waals surface area contributed by atoms with Crippen molar-refractivity contribution < 1.29 is 4.39 Å². The SMILES string of the molecule is C=C(N)c1c(C)cc(CC2(C)/C=C\CN(C)CC(C)C2)cc1F. The predicted octanol–water partition coefficient (Wildman–Crippen LogP) is 4.14. The molecule has 0 amide bonds. The van der Waals surface area contributed by atoms with Gasteiger partial charge in [-0.2, -0.15) is 0 Å². The van der Waals surface area contributed by atoms with E-state index in [1.165, 1.54) is 0 Å². The van der Waals surface area contributed by atoms with Gasteiger partial charge in [-0.05, 0) is 55.3 Å². The third-order valence-electron chi connectivity index (χ3n) is 4.65. The Kier molecular flexibility index (Phi) is 5.30. The molecule has 1 heterocycles. The van der Waals surface area contributed by atoms with Crippen molar-refractivity contribution in [2.45, 2.75) is 33.6 Å². The van der Waals surface area contributed by atoms with Crippen LogP contribution in [0.3, 0.4) is 0 Å². The Balaban J connectivity index is 2.28. The zero-order chi connectivity index (χ0) is 17.2. The van der Waals surface area contributed by atoms with Gasteiger partial charge in [-0.1, -0.05) is 38.6 Å². The number of benzene rings is 1. The lowest BCUT2D eigenvalue weighted by atomic mass is 9.75. The van der Waals surface area contributed by atoms with Crippen LogP contribution in [0, 0.1) is 24.1 Å². The van der Waals surface area contributed by atoms with Crippen LogP contribution in [-0.2, 0) is 6.42 Å². The second-order valence-electron chi connectivity index (χ2n) is 7.56. The summed E-state index contributed by atoms with van der Waals surface area (Å²) in [7, 11) is 2.15. The molecule has 0 aromatic heterocycles. The molecule has 0 radical (unpaired) electrons. The number of hydrogen-bond donors (Lipinski definition) is 1. The van der Waals surface area contributed by atoms with E-state index in [1.807, 2.05) is 13.0 Å². The van der Waals surface area contributed by atoms with E-state index >= 15 is 0 Å². The van der Waals surface area contributed by atoms with E-state index in [0.717, 1.165) is 37.1 Å². The summed E-state index contributed by atoms with van der Waals surface area (Å²) in [4.78, 5) is 2.34. The first-order chi connectivity index (χ1) is 10.7. The fourth-order valence-corrected chi connectivity index (χ4v) is 3.97. The Labute approximate surface area is 139 Å². The van der Waals surface area contributed by atoms with Crippen LogP contribution in [0.15, 0.2) is 30.9 Å². The number of rotatable bonds is 3. The zero-order valence-corrected chi connectivity index (χ0v) is 14.8. The molecule has 1 aromatic carbocycles. The molecular formula is C20H29FN2. The highest BCUT2D eigenvalue weighted by atomic mass is 19.1. The molecule has 0 aliphatic carbocycles. The predicted molar refractivity (Wildman–Crippen MR) is 96.6 cm³/mol. The van der Waals surface area contributed by atoms with E-state index < -0.39 is 0 Å². The summed E-state index contributed by atoms with van der Waals surface area (Å²) in [6, 6.07) is 3.67.